The molecule has 24 heavy (non-hydrogen) atoms. The molecule has 0 N–H and O–H groups in total. The van der Waals surface area contributed by atoms with Gasteiger partial charge in [-0.3, -0.25) is 9.59 Å². The van der Waals surface area contributed by atoms with E-state index in [1.54, 1.807) is 0 Å². The monoisotopic (exact) mass is 382 g/mol. The predicted molar refractivity (Wildman–Crippen MR) is 80.8 cm³/mol. The minimum atomic E-state index is -4.49. The quantitative estimate of drug-likeness (QED) is 0.137. The summed E-state index contributed by atoms with van der Waals surface area (Å²) in [4.78, 5) is 23.0. The Bertz CT molecular complexity index is 708. The Morgan fingerprint density at radius 3 is 2.21 bits per heavy atom. The van der Waals surface area contributed by atoms with E-state index in [0.29, 0.717) is 12.4 Å². The number of carbonyl (C=O) groups excluding carboxylic acids is 2. The molecule has 2 unspecified atom stereocenters. The zero-order valence-electron chi connectivity index (χ0n) is 14.7. The molecule has 0 aliphatic carbocycles. The van der Waals surface area contributed by atoms with Crippen LogP contribution in [0, 0.1) is 0 Å². The molecule has 0 saturated carbocycles. The van der Waals surface area contributed by atoms with Crippen LogP contribution in [-0.2, 0) is 24.4 Å². The summed E-state index contributed by atoms with van der Waals surface area (Å²) < 4.78 is 40.3. The van der Waals surface area contributed by atoms with Crippen molar-refractivity contribution in [3.8, 4) is 0 Å². The van der Waals surface area contributed by atoms with Gasteiger partial charge in [-0.1, -0.05) is 0 Å². The van der Waals surface area contributed by atoms with Gasteiger partial charge in [0.25, 0.3) is 5.88 Å². The molecule has 0 aromatic carbocycles. The first kappa shape index (κ1) is 22.2. The van der Waals surface area contributed by atoms with Gasteiger partial charge in [-0.2, -0.15) is 0 Å². The van der Waals surface area contributed by atoms with E-state index < -0.39 is 21.0 Å². The van der Waals surface area contributed by atoms with Gasteiger partial charge < -0.3 is 9.29 Å². The third-order valence-electron chi connectivity index (χ3n) is 4.75. The van der Waals surface area contributed by atoms with Crippen molar-refractivity contribution in [1.82, 2.24) is 0 Å². The van der Waals surface area contributed by atoms with E-state index in [-0.39, 0.29) is 86.0 Å². The summed E-state index contributed by atoms with van der Waals surface area (Å²) in [5.41, 5.74) is -0.571. The van der Waals surface area contributed by atoms with Crippen molar-refractivity contribution in [2.45, 2.75) is 45.0 Å². The number of hydrogen-bond acceptors (Lipinski definition) is 6. The van der Waals surface area contributed by atoms with Gasteiger partial charge >= 0.3 is 51.4 Å². The van der Waals surface area contributed by atoms with Crippen LogP contribution >= 0.6 is 0 Å². The molecule has 0 aromatic heterocycles. The van der Waals surface area contributed by atoms with Crippen molar-refractivity contribution in [2.24, 2.45) is 0 Å². The first-order valence-electron chi connectivity index (χ1n) is 7.33. The van der Waals surface area contributed by atoms with Crippen molar-refractivity contribution >= 4 is 21.7 Å². The van der Waals surface area contributed by atoms with Gasteiger partial charge in [0.15, 0.2) is 27.1 Å². The van der Waals surface area contributed by atoms with Crippen molar-refractivity contribution < 1.29 is 83.2 Å². The Balaban J connectivity index is 0.00000288. The minimum absolute atomic E-state index is 0. The maximum absolute atomic E-state index is 11.6. The van der Waals surface area contributed by atoms with Gasteiger partial charge in [0.1, 0.15) is 12.1 Å². The van der Waals surface area contributed by atoms with E-state index in [1.807, 2.05) is 13.8 Å². The molecule has 2 heterocycles. The van der Waals surface area contributed by atoms with Gasteiger partial charge in [-0.25, -0.2) is 12.9 Å². The number of carbonyl (C=O) groups is 2. The third-order valence-corrected chi connectivity index (χ3v) is 6.01. The van der Waals surface area contributed by atoms with E-state index in [9.17, 15) is 22.6 Å². The fourth-order valence-corrected chi connectivity index (χ4v) is 4.73. The van der Waals surface area contributed by atoms with E-state index in [4.69, 9.17) is 4.74 Å². The number of ketones is 2. The zero-order chi connectivity index (χ0) is 17.6. The second kappa shape index (κ2) is 7.40. The molecular formula is C15H21KNO6S+. The molecular weight excluding hydrogens is 361 g/mol. The van der Waals surface area contributed by atoms with Crippen LogP contribution in [0.25, 0.3) is 0 Å². The fourth-order valence-electron chi connectivity index (χ4n) is 3.40. The molecule has 2 rings (SSSR count). The number of allylic oxidation sites excluding steroid dienone is 3. The molecule has 2 atom stereocenters. The van der Waals surface area contributed by atoms with Crippen LogP contribution in [0.3, 0.4) is 0 Å². The van der Waals surface area contributed by atoms with Gasteiger partial charge in [0.2, 0.25) is 0 Å². The van der Waals surface area contributed by atoms with Crippen LogP contribution in [0.5, 0.6) is 0 Å². The molecule has 128 valence electrons. The number of quaternary nitrogens is 1. The number of ether oxygens (including phenoxy) is 1. The second-order valence-corrected chi connectivity index (χ2v) is 8.16. The summed E-state index contributed by atoms with van der Waals surface area (Å²) in [6.07, 6.45) is 3.06. The molecule has 2 aliphatic rings. The summed E-state index contributed by atoms with van der Waals surface area (Å²) in [7, 11) is -4.49. The zero-order valence-corrected chi connectivity index (χ0v) is 18.6. The van der Waals surface area contributed by atoms with E-state index in [0.717, 1.165) is 0 Å². The number of hydrogen-bond donors (Lipinski definition) is 0. The summed E-state index contributed by atoms with van der Waals surface area (Å²) in [6.45, 7) is 6.97. The Morgan fingerprint density at radius 2 is 1.83 bits per heavy atom. The van der Waals surface area contributed by atoms with E-state index in [2.05, 4.69) is 0 Å². The van der Waals surface area contributed by atoms with Crippen molar-refractivity contribution in [2.75, 3.05) is 13.2 Å². The summed E-state index contributed by atoms with van der Waals surface area (Å²) >= 11 is 0. The third kappa shape index (κ3) is 3.63. The maximum atomic E-state index is 11.6. The molecule has 0 bridgehead atoms. The SMILES string of the molecule is CC(=O)C(=CC=C1OCC(C)(C)[N+]12CCC2S(=O)(=O)[O-])C(C)=O.[K+]. The van der Waals surface area contributed by atoms with Crippen LogP contribution in [0.1, 0.15) is 34.1 Å². The van der Waals surface area contributed by atoms with Crippen LogP contribution < -0.4 is 51.4 Å². The van der Waals surface area contributed by atoms with E-state index >= 15 is 0 Å². The van der Waals surface area contributed by atoms with Gasteiger partial charge in [0.05, 0.1) is 18.5 Å². The molecule has 2 aliphatic heterocycles. The van der Waals surface area contributed by atoms with Gasteiger partial charge in [-0.05, 0) is 33.8 Å². The summed E-state index contributed by atoms with van der Waals surface area (Å²) in [5.74, 6) is -0.449. The number of nitrogens with zero attached hydrogens (tertiary/aromatic N) is 1. The standard InChI is InChI=1S/C15H21NO6S.K/c1-10(17)12(11(2)18)5-6-13-16(15(3,4)9-22-13)8-7-14(16)23(19,20)21;/h5-6,14H,7-9H2,1-4H3;/q;+1. The average Bonchev–Trinajstić information content (AvgIpc) is 2.58. The van der Waals surface area contributed by atoms with Crippen molar-refractivity contribution in [1.29, 1.82) is 0 Å². The summed E-state index contributed by atoms with van der Waals surface area (Å²) in [6, 6.07) is 0. The molecule has 2 saturated heterocycles. The second-order valence-electron chi connectivity index (χ2n) is 6.63. The topological polar surface area (TPSA) is 101 Å². The Morgan fingerprint density at radius 1 is 1.29 bits per heavy atom. The number of Topliss-reactive ketones (excluding diaryl/α,β-unsaturated/α-hetero) is 2. The largest absolute Gasteiger partial charge is 1.00 e. The van der Waals surface area contributed by atoms with Crippen LogP contribution in [0.4, 0.5) is 0 Å². The molecule has 7 nitrogen and oxygen atoms in total. The van der Waals surface area contributed by atoms with Gasteiger partial charge in [0, 0.05) is 6.08 Å². The molecule has 2 fully saturated rings. The first-order valence-corrected chi connectivity index (χ1v) is 8.80. The predicted octanol–water partition coefficient (Wildman–Crippen LogP) is -2.16. The normalized spacial score (nSPS) is 29.4. The fraction of sp³-hybridized carbons (Fsp3) is 0.600. The summed E-state index contributed by atoms with van der Waals surface area (Å²) in [5, 5.41) is -1.10. The molecule has 0 radical (unpaired) electrons. The first-order chi connectivity index (χ1) is 10.4. The van der Waals surface area contributed by atoms with Crippen LogP contribution in [-0.4, -0.2) is 53.1 Å². The van der Waals surface area contributed by atoms with E-state index in [1.165, 1.54) is 26.0 Å². The van der Waals surface area contributed by atoms with Crippen molar-refractivity contribution in [3.05, 3.63) is 23.6 Å². The smallest absolute Gasteiger partial charge is 0.743 e. The molecule has 9 heteroatoms. The Labute approximate surface area is 184 Å². The molecule has 0 aromatic rings. The van der Waals surface area contributed by atoms with Crippen LogP contribution in [0.15, 0.2) is 23.6 Å². The van der Waals surface area contributed by atoms with Crippen LogP contribution in [0.2, 0.25) is 0 Å². The molecule has 0 amide bonds. The average molecular weight is 382 g/mol. The maximum Gasteiger partial charge on any atom is 1.00 e. The minimum Gasteiger partial charge on any atom is -0.743 e. The molecule has 1 spiro atoms. The van der Waals surface area contributed by atoms with Gasteiger partial charge in [-0.15, -0.1) is 0 Å². The Kier molecular flexibility index (Phi) is 6.83. The van der Waals surface area contributed by atoms with Crippen molar-refractivity contribution in [3.63, 3.8) is 0 Å². The number of rotatable bonds is 4. The Hall–Kier alpha value is 0.126.